The normalized spacial score (nSPS) is 12.3. The largest absolute Gasteiger partial charge is 0.369 e. The SMILES string of the molecule is CCCNc1cncc(C(=O)NCC(C)N(C)C)n1. The summed E-state index contributed by atoms with van der Waals surface area (Å²) in [7, 11) is 3.96. The summed E-state index contributed by atoms with van der Waals surface area (Å²) in [4.78, 5) is 22.2. The second kappa shape index (κ2) is 7.68. The molecule has 1 amide bonds. The molecule has 0 fully saturated rings. The van der Waals surface area contributed by atoms with Gasteiger partial charge in [0.2, 0.25) is 0 Å². The molecule has 1 aromatic rings. The van der Waals surface area contributed by atoms with Crippen molar-refractivity contribution in [3.63, 3.8) is 0 Å². The number of likely N-dealkylation sites (N-methyl/N-ethyl adjacent to an activating group) is 1. The van der Waals surface area contributed by atoms with Gasteiger partial charge in [0.05, 0.1) is 12.4 Å². The van der Waals surface area contributed by atoms with Gasteiger partial charge in [0.25, 0.3) is 5.91 Å². The zero-order valence-electron chi connectivity index (χ0n) is 12.1. The zero-order chi connectivity index (χ0) is 14.3. The molecule has 2 N–H and O–H groups in total. The molecular weight excluding hydrogens is 242 g/mol. The van der Waals surface area contributed by atoms with Crippen molar-refractivity contribution in [1.29, 1.82) is 0 Å². The van der Waals surface area contributed by atoms with Crippen molar-refractivity contribution in [2.24, 2.45) is 0 Å². The Bertz CT molecular complexity index is 408. The molecule has 0 radical (unpaired) electrons. The molecule has 1 rings (SSSR count). The Morgan fingerprint density at radius 3 is 2.79 bits per heavy atom. The standard InChI is InChI=1S/C13H23N5O/c1-5-6-15-12-9-14-8-11(17-12)13(19)16-7-10(2)18(3)4/h8-10H,5-7H2,1-4H3,(H,15,17)(H,16,19). The van der Waals surface area contributed by atoms with Gasteiger partial charge in [-0.05, 0) is 27.4 Å². The molecule has 0 aromatic carbocycles. The quantitative estimate of drug-likeness (QED) is 0.769. The van der Waals surface area contributed by atoms with Crippen LogP contribution < -0.4 is 10.6 Å². The lowest BCUT2D eigenvalue weighted by molar-refractivity contribution is 0.0938. The summed E-state index contributed by atoms with van der Waals surface area (Å²) >= 11 is 0. The molecule has 1 unspecified atom stereocenters. The van der Waals surface area contributed by atoms with Gasteiger partial charge in [0.1, 0.15) is 11.5 Å². The van der Waals surface area contributed by atoms with Gasteiger partial charge in [0, 0.05) is 19.1 Å². The highest BCUT2D eigenvalue weighted by Gasteiger charge is 2.11. The van der Waals surface area contributed by atoms with Crippen LogP contribution in [0.1, 0.15) is 30.8 Å². The molecule has 0 saturated heterocycles. The predicted molar refractivity (Wildman–Crippen MR) is 76.3 cm³/mol. The van der Waals surface area contributed by atoms with Gasteiger partial charge in [0.15, 0.2) is 0 Å². The number of hydrogen-bond acceptors (Lipinski definition) is 5. The minimum Gasteiger partial charge on any atom is -0.369 e. The molecule has 106 valence electrons. The first-order valence-corrected chi connectivity index (χ1v) is 6.55. The summed E-state index contributed by atoms with van der Waals surface area (Å²) in [5, 5.41) is 5.96. The molecule has 19 heavy (non-hydrogen) atoms. The number of aromatic nitrogens is 2. The highest BCUT2D eigenvalue weighted by molar-refractivity contribution is 5.92. The van der Waals surface area contributed by atoms with Crippen LogP contribution in [0, 0.1) is 0 Å². The fraction of sp³-hybridized carbons (Fsp3) is 0.615. The van der Waals surface area contributed by atoms with Crippen molar-refractivity contribution in [2.75, 3.05) is 32.5 Å². The lowest BCUT2D eigenvalue weighted by atomic mass is 10.3. The van der Waals surface area contributed by atoms with E-state index >= 15 is 0 Å². The summed E-state index contributed by atoms with van der Waals surface area (Å²) in [6, 6.07) is 0.276. The minimum absolute atomic E-state index is 0.193. The molecular formula is C13H23N5O. The van der Waals surface area contributed by atoms with E-state index in [1.807, 2.05) is 25.9 Å². The predicted octanol–water partition coefficient (Wildman–Crippen LogP) is 0.978. The fourth-order valence-electron chi connectivity index (χ4n) is 1.33. The second-order valence-corrected chi connectivity index (χ2v) is 4.74. The first-order chi connectivity index (χ1) is 9.04. The third kappa shape index (κ3) is 5.21. The van der Waals surface area contributed by atoms with Crippen LogP contribution in [0.4, 0.5) is 5.82 Å². The molecule has 0 aliphatic rings. The van der Waals surface area contributed by atoms with Crippen LogP contribution in [0.25, 0.3) is 0 Å². The number of carbonyl (C=O) groups is 1. The maximum atomic E-state index is 11.9. The van der Waals surface area contributed by atoms with Gasteiger partial charge in [-0.1, -0.05) is 6.92 Å². The van der Waals surface area contributed by atoms with Gasteiger partial charge < -0.3 is 15.5 Å². The fourth-order valence-corrected chi connectivity index (χ4v) is 1.33. The molecule has 0 bridgehead atoms. The number of nitrogens with one attached hydrogen (secondary N) is 2. The molecule has 0 saturated carbocycles. The Balaban J connectivity index is 2.56. The van der Waals surface area contributed by atoms with Crippen LogP contribution in [0.15, 0.2) is 12.4 Å². The Labute approximate surface area is 114 Å². The summed E-state index contributed by atoms with van der Waals surface area (Å²) < 4.78 is 0. The number of anilines is 1. The van der Waals surface area contributed by atoms with Crippen LogP contribution in [0.3, 0.4) is 0 Å². The molecule has 6 heteroatoms. The van der Waals surface area contributed by atoms with E-state index in [0.29, 0.717) is 18.1 Å². The summed E-state index contributed by atoms with van der Waals surface area (Å²) in [6.07, 6.45) is 4.10. The van der Waals surface area contributed by atoms with Gasteiger partial charge >= 0.3 is 0 Å². The minimum atomic E-state index is -0.193. The van der Waals surface area contributed by atoms with Crippen LogP contribution in [-0.4, -0.2) is 54.0 Å². The van der Waals surface area contributed by atoms with Crippen LogP contribution in [-0.2, 0) is 0 Å². The number of amides is 1. The summed E-state index contributed by atoms with van der Waals surface area (Å²) in [5.74, 6) is 0.441. The van der Waals surface area contributed by atoms with Gasteiger partial charge in [-0.25, -0.2) is 4.98 Å². The van der Waals surface area contributed by atoms with Crippen LogP contribution >= 0.6 is 0 Å². The van der Waals surface area contributed by atoms with Crippen molar-refractivity contribution >= 4 is 11.7 Å². The molecule has 0 spiro atoms. The lowest BCUT2D eigenvalue weighted by Crippen LogP contribution is -2.38. The van der Waals surface area contributed by atoms with Gasteiger partial charge in [-0.15, -0.1) is 0 Å². The van der Waals surface area contributed by atoms with E-state index in [0.717, 1.165) is 13.0 Å². The van der Waals surface area contributed by atoms with E-state index in [1.54, 1.807) is 6.20 Å². The Morgan fingerprint density at radius 1 is 1.42 bits per heavy atom. The number of hydrogen-bond donors (Lipinski definition) is 2. The van der Waals surface area contributed by atoms with E-state index in [9.17, 15) is 4.79 Å². The first-order valence-electron chi connectivity index (χ1n) is 6.55. The van der Waals surface area contributed by atoms with Gasteiger partial charge in [-0.3, -0.25) is 9.78 Å². The number of carbonyl (C=O) groups excluding carboxylic acids is 1. The van der Waals surface area contributed by atoms with E-state index in [4.69, 9.17) is 0 Å². The highest BCUT2D eigenvalue weighted by Crippen LogP contribution is 2.02. The van der Waals surface area contributed by atoms with Gasteiger partial charge in [-0.2, -0.15) is 0 Å². The van der Waals surface area contributed by atoms with Crippen molar-refractivity contribution in [3.8, 4) is 0 Å². The van der Waals surface area contributed by atoms with Crippen LogP contribution in [0.2, 0.25) is 0 Å². The first kappa shape index (κ1) is 15.4. The van der Waals surface area contributed by atoms with E-state index in [-0.39, 0.29) is 11.9 Å². The third-order valence-electron chi connectivity index (χ3n) is 2.86. The van der Waals surface area contributed by atoms with E-state index in [1.165, 1.54) is 6.20 Å². The maximum absolute atomic E-state index is 11.9. The third-order valence-corrected chi connectivity index (χ3v) is 2.86. The highest BCUT2D eigenvalue weighted by atomic mass is 16.1. The lowest BCUT2D eigenvalue weighted by Gasteiger charge is -2.19. The van der Waals surface area contributed by atoms with Crippen molar-refractivity contribution in [2.45, 2.75) is 26.3 Å². The molecule has 1 aromatic heterocycles. The van der Waals surface area contributed by atoms with E-state index < -0.39 is 0 Å². The maximum Gasteiger partial charge on any atom is 0.271 e. The number of nitrogens with zero attached hydrogens (tertiary/aromatic N) is 3. The van der Waals surface area contributed by atoms with E-state index in [2.05, 4.69) is 27.5 Å². The molecule has 0 aliphatic carbocycles. The Hall–Kier alpha value is -1.69. The average Bonchev–Trinajstić information content (AvgIpc) is 2.42. The topological polar surface area (TPSA) is 70.2 Å². The molecule has 0 aliphatic heterocycles. The number of rotatable bonds is 7. The zero-order valence-corrected chi connectivity index (χ0v) is 12.1. The molecule has 6 nitrogen and oxygen atoms in total. The second-order valence-electron chi connectivity index (χ2n) is 4.74. The van der Waals surface area contributed by atoms with Crippen molar-refractivity contribution < 1.29 is 4.79 Å². The molecule has 1 heterocycles. The average molecular weight is 265 g/mol. The summed E-state index contributed by atoms with van der Waals surface area (Å²) in [5.41, 5.74) is 0.340. The van der Waals surface area contributed by atoms with Crippen molar-refractivity contribution in [1.82, 2.24) is 20.2 Å². The van der Waals surface area contributed by atoms with Crippen LogP contribution in [0.5, 0.6) is 0 Å². The Kier molecular flexibility index (Phi) is 6.21. The van der Waals surface area contributed by atoms with Crippen molar-refractivity contribution in [3.05, 3.63) is 18.1 Å². The summed E-state index contributed by atoms with van der Waals surface area (Å²) in [6.45, 7) is 5.52. The molecule has 1 atom stereocenters. The Morgan fingerprint density at radius 2 is 2.16 bits per heavy atom. The smallest absolute Gasteiger partial charge is 0.271 e. The monoisotopic (exact) mass is 265 g/mol.